The SMILES string of the molecule is CCOC(=O)[C@H]1C[C@@]12O[C@@H](n1cnc3c(N(C(=O)OC(C)(C)C)C(=O)OC(C)(C)C)ncnc31)C1OC(C)(C)O[C@H]12. The Labute approximate surface area is 237 Å². The number of carbonyl (C=O) groups excluding carboxylic acids is 3. The first kappa shape index (κ1) is 29.1. The molecule has 2 aromatic rings. The standard InChI is InChI=1S/C27H37N5O9/c1-10-36-21(33)14-11-27(14)17-16(37-26(8,9)38-17)20(39-27)31-13-30-15-18(31)28-12-29-19(15)32(22(34)40-24(2,3)4)23(35)41-25(5,6)7/h12-14,16-17,20H,10-11H2,1-9H3/t14-,16?,17-,20-,27-/m1/s1. The molecule has 41 heavy (non-hydrogen) atoms. The Morgan fingerprint density at radius 1 is 1.00 bits per heavy atom. The van der Waals surface area contributed by atoms with Gasteiger partial charge in [0.15, 0.2) is 29.0 Å². The number of anilines is 1. The third-order valence-corrected chi connectivity index (χ3v) is 6.73. The summed E-state index contributed by atoms with van der Waals surface area (Å²) >= 11 is 0. The van der Waals surface area contributed by atoms with E-state index in [9.17, 15) is 14.4 Å². The Bertz CT molecular complexity index is 1350. The van der Waals surface area contributed by atoms with Crippen molar-refractivity contribution in [3.05, 3.63) is 12.7 Å². The van der Waals surface area contributed by atoms with Gasteiger partial charge in [-0.25, -0.2) is 24.5 Å². The van der Waals surface area contributed by atoms with Crippen molar-refractivity contribution >= 4 is 35.1 Å². The van der Waals surface area contributed by atoms with Crippen LogP contribution in [0.2, 0.25) is 0 Å². The van der Waals surface area contributed by atoms with Crippen LogP contribution >= 0.6 is 0 Å². The average Bonchev–Trinajstić information content (AvgIpc) is 3.06. The van der Waals surface area contributed by atoms with Crippen LogP contribution in [0.15, 0.2) is 12.7 Å². The summed E-state index contributed by atoms with van der Waals surface area (Å²) in [7, 11) is 0. The molecule has 2 amide bonds. The van der Waals surface area contributed by atoms with E-state index in [1.54, 1.807) is 66.9 Å². The Kier molecular flexibility index (Phi) is 6.82. The fourth-order valence-corrected chi connectivity index (χ4v) is 5.23. The van der Waals surface area contributed by atoms with Gasteiger partial charge in [0.1, 0.15) is 35.3 Å². The summed E-state index contributed by atoms with van der Waals surface area (Å²) < 4.78 is 36.8. The predicted octanol–water partition coefficient (Wildman–Crippen LogP) is 3.87. The number of imidazole rings is 1. The normalized spacial score (nSPS) is 28.4. The monoisotopic (exact) mass is 575 g/mol. The number of esters is 1. The third kappa shape index (κ3) is 5.35. The van der Waals surface area contributed by atoms with E-state index < -0.39 is 59.1 Å². The van der Waals surface area contributed by atoms with E-state index in [0.717, 1.165) is 0 Å². The van der Waals surface area contributed by atoms with Gasteiger partial charge in [-0.3, -0.25) is 9.36 Å². The molecule has 0 aromatic carbocycles. The Morgan fingerprint density at radius 3 is 2.22 bits per heavy atom. The lowest BCUT2D eigenvalue weighted by atomic mass is 10.1. The minimum Gasteiger partial charge on any atom is -0.466 e. The third-order valence-electron chi connectivity index (χ3n) is 6.73. The van der Waals surface area contributed by atoms with Crippen molar-refractivity contribution in [2.24, 2.45) is 5.92 Å². The summed E-state index contributed by atoms with van der Waals surface area (Å²) in [6, 6.07) is 0. The van der Waals surface area contributed by atoms with Crippen molar-refractivity contribution in [2.75, 3.05) is 11.5 Å². The summed E-state index contributed by atoms with van der Waals surface area (Å²) in [5, 5.41) is 0. The average molecular weight is 576 g/mol. The first-order valence-corrected chi connectivity index (χ1v) is 13.6. The highest BCUT2D eigenvalue weighted by atomic mass is 16.8. The molecule has 3 fully saturated rings. The Hall–Kier alpha value is -3.36. The largest absolute Gasteiger partial charge is 0.466 e. The molecular formula is C27H37N5O9. The van der Waals surface area contributed by atoms with Crippen LogP contribution in [0.4, 0.5) is 15.4 Å². The van der Waals surface area contributed by atoms with Crippen molar-refractivity contribution in [3.8, 4) is 0 Å². The first-order chi connectivity index (χ1) is 19.0. The summed E-state index contributed by atoms with van der Waals surface area (Å²) in [5.74, 6) is -1.91. The van der Waals surface area contributed by atoms with Crippen LogP contribution in [-0.2, 0) is 33.2 Å². The van der Waals surface area contributed by atoms with Crippen molar-refractivity contribution in [1.29, 1.82) is 0 Å². The second kappa shape index (κ2) is 9.60. The zero-order valence-electron chi connectivity index (χ0n) is 24.8. The fourth-order valence-electron chi connectivity index (χ4n) is 5.23. The molecule has 2 aromatic heterocycles. The molecule has 2 saturated heterocycles. The zero-order chi connectivity index (χ0) is 30.1. The van der Waals surface area contributed by atoms with Gasteiger partial charge in [0.05, 0.1) is 18.9 Å². The molecule has 1 aliphatic carbocycles. The Balaban J connectivity index is 1.54. The molecule has 2 aliphatic heterocycles. The van der Waals surface area contributed by atoms with E-state index in [1.165, 1.54) is 12.7 Å². The molecule has 0 bridgehead atoms. The Morgan fingerprint density at radius 2 is 1.63 bits per heavy atom. The molecule has 224 valence electrons. The van der Waals surface area contributed by atoms with Crippen LogP contribution in [0.5, 0.6) is 0 Å². The molecule has 14 heteroatoms. The number of nitrogens with zero attached hydrogens (tertiary/aromatic N) is 5. The molecule has 0 N–H and O–H groups in total. The van der Waals surface area contributed by atoms with Gasteiger partial charge in [0, 0.05) is 0 Å². The first-order valence-electron chi connectivity index (χ1n) is 13.6. The molecule has 5 rings (SSSR count). The number of hydrogen-bond donors (Lipinski definition) is 0. The van der Waals surface area contributed by atoms with E-state index in [-0.39, 0.29) is 29.6 Å². The molecular weight excluding hydrogens is 538 g/mol. The lowest BCUT2D eigenvalue weighted by Gasteiger charge is -2.28. The summed E-state index contributed by atoms with van der Waals surface area (Å²) in [6.07, 6.45) is -0.824. The van der Waals surface area contributed by atoms with Gasteiger partial charge >= 0.3 is 18.2 Å². The lowest BCUT2D eigenvalue weighted by Crippen LogP contribution is -2.44. The summed E-state index contributed by atoms with van der Waals surface area (Å²) in [4.78, 5) is 52.9. The van der Waals surface area contributed by atoms with Gasteiger partial charge in [0.2, 0.25) is 0 Å². The van der Waals surface area contributed by atoms with Gasteiger partial charge in [0.25, 0.3) is 0 Å². The minimum absolute atomic E-state index is 0.124. The van der Waals surface area contributed by atoms with Crippen LogP contribution in [0.25, 0.3) is 11.2 Å². The van der Waals surface area contributed by atoms with Gasteiger partial charge < -0.3 is 28.4 Å². The topological polar surface area (TPSA) is 153 Å². The van der Waals surface area contributed by atoms with E-state index in [2.05, 4.69) is 15.0 Å². The smallest absolute Gasteiger partial charge is 0.425 e. The predicted molar refractivity (Wildman–Crippen MR) is 142 cm³/mol. The molecule has 0 radical (unpaired) electrons. The molecule has 5 atom stereocenters. The van der Waals surface area contributed by atoms with Gasteiger partial charge in [-0.1, -0.05) is 0 Å². The van der Waals surface area contributed by atoms with Crippen molar-refractivity contribution in [2.45, 2.75) is 110 Å². The highest BCUT2D eigenvalue weighted by molar-refractivity contribution is 6.12. The number of carbonyl (C=O) groups is 3. The van der Waals surface area contributed by atoms with Crippen LogP contribution in [0, 0.1) is 5.92 Å². The van der Waals surface area contributed by atoms with Crippen molar-refractivity contribution in [1.82, 2.24) is 19.5 Å². The second-order valence-corrected chi connectivity index (χ2v) is 12.8. The zero-order valence-corrected chi connectivity index (χ0v) is 24.8. The van der Waals surface area contributed by atoms with E-state index >= 15 is 0 Å². The number of hydrogen-bond acceptors (Lipinski definition) is 12. The maximum absolute atomic E-state index is 13.3. The number of rotatable bonds is 4. The summed E-state index contributed by atoms with van der Waals surface area (Å²) in [5.41, 5.74) is -2.36. The maximum Gasteiger partial charge on any atom is 0.425 e. The van der Waals surface area contributed by atoms with Gasteiger partial charge in [-0.2, -0.15) is 4.90 Å². The van der Waals surface area contributed by atoms with Gasteiger partial charge in [-0.15, -0.1) is 0 Å². The number of fused-ring (bicyclic) bond motifs is 3. The number of ether oxygens (including phenoxy) is 6. The molecule has 1 saturated carbocycles. The summed E-state index contributed by atoms with van der Waals surface area (Å²) in [6.45, 7) is 15.7. The molecule has 4 heterocycles. The van der Waals surface area contributed by atoms with E-state index in [1.807, 2.05) is 0 Å². The highest BCUT2D eigenvalue weighted by Crippen LogP contribution is 2.62. The van der Waals surface area contributed by atoms with E-state index in [4.69, 9.17) is 28.4 Å². The van der Waals surface area contributed by atoms with Crippen molar-refractivity contribution < 1.29 is 42.8 Å². The highest BCUT2D eigenvalue weighted by Gasteiger charge is 2.76. The maximum atomic E-state index is 13.3. The second-order valence-electron chi connectivity index (χ2n) is 12.8. The number of amides is 2. The minimum atomic E-state index is -0.984. The van der Waals surface area contributed by atoms with Crippen LogP contribution in [-0.4, -0.2) is 79.1 Å². The number of imide groups is 1. The molecule has 3 aliphatic rings. The lowest BCUT2D eigenvalue weighted by molar-refractivity contribution is -0.205. The molecule has 1 spiro atoms. The van der Waals surface area contributed by atoms with E-state index in [0.29, 0.717) is 11.3 Å². The van der Waals surface area contributed by atoms with Crippen molar-refractivity contribution in [3.63, 3.8) is 0 Å². The van der Waals surface area contributed by atoms with Gasteiger partial charge in [-0.05, 0) is 68.7 Å². The van der Waals surface area contributed by atoms with Crippen LogP contribution in [0.1, 0.15) is 75.0 Å². The fraction of sp³-hybridized carbons (Fsp3) is 0.704. The van der Waals surface area contributed by atoms with Crippen LogP contribution in [0.3, 0.4) is 0 Å². The molecule has 14 nitrogen and oxygen atoms in total. The van der Waals surface area contributed by atoms with Crippen LogP contribution < -0.4 is 4.90 Å². The molecule has 1 unspecified atom stereocenters. The quantitative estimate of drug-likeness (QED) is 0.384. The number of aromatic nitrogens is 4.